The number of hydrogen-bond acceptors (Lipinski definition) is 6. The number of aromatic nitrogens is 2. The SMILES string of the molecule is O=C(COC(=O)CCNC(=O)c1n[nH]c2ccccc12)Nc1ccccc1SC(F)F. The van der Waals surface area contributed by atoms with Gasteiger partial charge in [-0.2, -0.15) is 13.9 Å². The summed E-state index contributed by atoms with van der Waals surface area (Å²) in [5.41, 5.74) is 1.13. The Morgan fingerprint density at radius 2 is 1.84 bits per heavy atom. The van der Waals surface area contributed by atoms with Crippen molar-refractivity contribution < 1.29 is 27.9 Å². The zero-order chi connectivity index (χ0) is 22.2. The zero-order valence-corrected chi connectivity index (χ0v) is 16.9. The van der Waals surface area contributed by atoms with Crippen molar-refractivity contribution in [1.82, 2.24) is 15.5 Å². The van der Waals surface area contributed by atoms with Crippen LogP contribution in [0.1, 0.15) is 16.9 Å². The van der Waals surface area contributed by atoms with Gasteiger partial charge in [-0.1, -0.05) is 42.1 Å². The third-order valence-corrected chi connectivity index (χ3v) is 4.83. The van der Waals surface area contributed by atoms with E-state index in [1.165, 1.54) is 12.1 Å². The molecule has 0 bridgehead atoms. The number of carbonyl (C=O) groups is 3. The molecule has 2 aromatic carbocycles. The lowest BCUT2D eigenvalue weighted by Gasteiger charge is -2.10. The van der Waals surface area contributed by atoms with Crippen molar-refractivity contribution >= 4 is 46.1 Å². The van der Waals surface area contributed by atoms with Gasteiger partial charge in [0.25, 0.3) is 17.6 Å². The first-order valence-electron chi connectivity index (χ1n) is 9.14. The maximum absolute atomic E-state index is 12.6. The number of thioether (sulfide) groups is 1. The lowest BCUT2D eigenvalue weighted by molar-refractivity contribution is -0.147. The highest BCUT2D eigenvalue weighted by molar-refractivity contribution is 7.99. The van der Waals surface area contributed by atoms with Crippen LogP contribution >= 0.6 is 11.8 Å². The summed E-state index contributed by atoms with van der Waals surface area (Å²) in [4.78, 5) is 36.2. The molecule has 0 atom stereocenters. The number of fused-ring (bicyclic) bond motifs is 1. The van der Waals surface area contributed by atoms with Crippen LogP contribution in [0.15, 0.2) is 53.4 Å². The van der Waals surface area contributed by atoms with Gasteiger partial charge in [-0.05, 0) is 18.2 Å². The maximum Gasteiger partial charge on any atom is 0.308 e. The molecule has 11 heteroatoms. The zero-order valence-electron chi connectivity index (χ0n) is 16.1. The van der Waals surface area contributed by atoms with Crippen LogP contribution in [0.4, 0.5) is 14.5 Å². The number of hydrogen-bond donors (Lipinski definition) is 3. The van der Waals surface area contributed by atoms with Crippen LogP contribution in [0.25, 0.3) is 10.9 Å². The summed E-state index contributed by atoms with van der Waals surface area (Å²) >= 11 is 0.301. The van der Waals surface area contributed by atoms with Gasteiger partial charge >= 0.3 is 5.97 Å². The monoisotopic (exact) mass is 448 g/mol. The van der Waals surface area contributed by atoms with Crippen LogP contribution in [0.5, 0.6) is 0 Å². The highest BCUT2D eigenvalue weighted by Crippen LogP contribution is 2.31. The fourth-order valence-electron chi connectivity index (χ4n) is 2.67. The normalized spacial score (nSPS) is 10.8. The van der Waals surface area contributed by atoms with E-state index in [4.69, 9.17) is 4.74 Å². The van der Waals surface area contributed by atoms with Crippen molar-refractivity contribution in [1.29, 1.82) is 0 Å². The number of nitrogens with zero attached hydrogens (tertiary/aromatic N) is 1. The van der Waals surface area contributed by atoms with E-state index in [1.54, 1.807) is 30.3 Å². The summed E-state index contributed by atoms with van der Waals surface area (Å²) in [7, 11) is 0. The molecule has 0 spiro atoms. The summed E-state index contributed by atoms with van der Waals surface area (Å²) in [5.74, 6) is -4.44. The Labute approximate surface area is 179 Å². The maximum atomic E-state index is 12.6. The largest absolute Gasteiger partial charge is 0.456 e. The molecular weight excluding hydrogens is 430 g/mol. The third-order valence-electron chi connectivity index (χ3n) is 4.04. The van der Waals surface area contributed by atoms with E-state index in [0.717, 1.165) is 0 Å². The van der Waals surface area contributed by atoms with E-state index >= 15 is 0 Å². The first-order chi connectivity index (χ1) is 14.9. The minimum atomic E-state index is -2.63. The molecule has 162 valence electrons. The Morgan fingerprint density at radius 3 is 2.65 bits per heavy atom. The van der Waals surface area contributed by atoms with Gasteiger partial charge in [0, 0.05) is 16.8 Å². The Bertz CT molecular complexity index is 1090. The summed E-state index contributed by atoms with van der Waals surface area (Å²) in [6.45, 7) is -0.585. The van der Waals surface area contributed by atoms with Crippen molar-refractivity contribution in [2.75, 3.05) is 18.5 Å². The highest BCUT2D eigenvalue weighted by atomic mass is 32.2. The predicted octanol–water partition coefficient (Wildman–Crippen LogP) is 3.18. The van der Waals surface area contributed by atoms with Gasteiger partial charge in [0.15, 0.2) is 12.3 Å². The summed E-state index contributed by atoms with van der Waals surface area (Å²) < 4.78 is 30.0. The molecule has 1 aromatic heterocycles. The molecule has 0 radical (unpaired) electrons. The van der Waals surface area contributed by atoms with Crippen molar-refractivity contribution in [3.8, 4) is 0 Å². The van der Waals surface area contributed by atoms with E-state index in [1.807, 2.05) is 6.07 Å². The fraction of sp³-hybridized carbons (Fsp3) is 0.200. The van der Waals surface area contributed by atoms with Crippen molar-refractivity contribution in [2.45, 2.75) is 17.1 Å². The van der Waals surface area contributed by atoms with Gasteiger partial charge in [-0.3, -0.25) is 19.5 Å². The number of esters is 1. The number of ether oxygens (including phenoxy) is 1. The number of H-pyrrole nitrogens is 1. The highest BCUT2D eigenvalue weighted by Gasteiger charge is 2.15. The molecule has 8 nitrogen and oxygen atoms in total. The molecule has 3 N–H and O–H groups in total. The smallest absolute Gasteiger partial charge is 0.308 e. The second kappa shape index (κ2) is 10.5. The third kappa shape index (κ3) is 6.25. The number of alkyl halides is 2. The van der Waals surface area contributed by atoms with E-state index in [9.17, 15) is 23.2 Å². The van der Waals surface area contributed by atoms with Crippen molar-refractivity contribution in [3.05, 3.63) is 54.2 Å². The number of benzene rings is 2. The second-order valence-corrected chi connectivity index (χ2v) is 7.24. The minimum absolute atomic E-state index is 0.00562. The Hall–Kier alpha value is -3.47. The first-order valence-corrected chi connectivity index (χ1v) is 10.0. The van der Waals surface area contributed by atoms with Gasteiger partial charge in [0.1, 0.15) is 0 Å². The van der Waals surface area contributed by atoms with Gasteiger partial charge in [-0.25, -0.2) is 0 Å². The first kappa shape index (κ1) is 22.2. The molecule has 2 amide bonds. The molecule has 1 heterocycles. The van der Waals surface area contributed by atoms with Crippen LogP contribution in [-0.4, -0.2) is 46.9 Å². The number of carbonyl (C=O) groups excluding carboxylic acids is 3. The molecule has 0 saturated heterocycles. The Kier molecular flexibility index (Phi) is 7.55. The minimum Gasteiger partial charge on any atom is -0.456 e. The van der Waals surface area contributed by atoms with Crippen LogP contribution in [0, 0.1) is 0 Å². The number of aromatic amines is 1. The van der Waals surface area contributed by atoms with E-state index in [2.05, 4.69) is 20.8 Å². The molecule has 0 aliphatic rings. The molecule has 0 aliphatic carbocycles. The molecule has 31 heavy (non-hydrogen) atoms. The van der Waals surface area contributed by atoms with E-state index < -0.39 is 30.1 Å². The second-order valence-electron chi connectivity index (χ2n) is 6.21. The lowest BCUT2D eigenvalue weighted by atomic mass is 10.2. The Morgan fingerprint density at radius 1 is 1.10 bits per heavy atom. The van der Waals surface area contributed by atoms with Gasteiger partial charge < -0.3 is 15.4 Å². The molecule has 0 unspecified atom stereocenters. The Balaban J connectivity index is 1.41. The van der Waals surface area contributed by atoms with Crippen LogP contribution in [-0.2, 0) is 14.3 Å². The van der Waals surface area contributed by atoms with Gasteiger partial charge in [-0.15, -0.1) is 0 Å². The van der Waals surface area contributed by atoms with E-state index in [-0.39, 0.29) is 29.2 Å². The standard InChI is InChI=1S/C20H18F2N4O4S/c21-20(22)31-15-8-4-3-7-14(15)24-16(27)11-30-17(28)9-10-23-19(29)18-12-5-1-2-6-13(12)25-26-18/h1-8,20H,9-11H2,(H,23,29)(H,24,27)(H,25,26). The molecule has 0 saturated carbocycles. The number of anilines is 1. The van der Waals surface area contributed by atoms with E-state index in [0.29, 0.717) is 22.7 Å². The number of halogens is 2. The number of para-hydroxylation sites is 2. The lowest BCUT2D eigenvalue weighted by Crippen LogP contribution is -2.28. The predicted molar refractivity (Wildman–Crippen MR) is 111 cm³/mol. The summed E-state index contributed by atoms with van der Waals surface area (Å²) in [6.07, 6.45) is -0.154. The van der Waals surface area contributed by atoms with Crippen LogP contribution in [0.2, 0.25) is 0 Å². The molecule has 0 fully saturated rings. The average molecular weight is 448 g/mol. The van der Waals surface area contributed by atoms with Crippen LogP contribution in [0.3, 0.4) is 0 Å². The van der Waals surface area contributed by atoms with Gasteiger partial charge in [0.05, 0.1) is 17.6 Å². The number of nitrogens with one attached hydrogen (secondary N) is 3. The summed E-state index contributed by atoms with van der Waals surface area (Å²) in [5, 5.41) is 12.4. The molecule has 3 aromatic rings. The van der Waals surface area contributed by atoms with Crippen molar-refractivity contribution in [2.24, 2.45) is 0 Å². The molecular formula is C20H18F2N4O4S. The quantitative estimate of drug-likeness (QED) is 0.342. The van der Waals surface area contributed by atoms with Crippen LogP contribution < -0.4 is 10.6 Å². The number of amides is 2. The number of rotatable bonds is 9. The topological polar surface area (TPSA) is 113 Å². The fourth-order valence-corrected chi connectivity index (χ4v) is 3.27. The average Bonchev–Trinajstić information content (AvgIpc) is 3.17. The molecule has 3 rings (SSSR count). The summed E-state index contributed by atoms with van der Waals surface area (Å²) in [6, 6.07) is 13.2. The van der Waals surface area contributed by atoms with Gasteiger partial charge in [0.2, 0.25) is 0 Å². The van der Waals surface area contributed by atoms with Crippen molar-refractivity contribution in [3.63, 3.8) is 0 Å². The molecule has 0 aliphatic heterocycles.